The molecule has 28 heavy (non-hydrogen) atoms. The maximum atomic E-state index is 12.5. The standard InChI is InChI=1S/C22H33N3O3/c1-7-17(24-21(27)28-22(4,5)6)19-14(3)18(25-10-8-9-13(25)2)11-15-16(19)12-23-20(15)26/h11,13,17H,7-10,12H2,1-6H3,(H,23,26)(H,24,27)/t13-,17-/m1/s1. The van der Waals surface area contributed by atoms with Crippen LogP contribution in [0.15, 0.2) is 6.07 Å². The molecule has 2 atom stereocenters. The fraction of sp³-hybridized carbons (Fsp3) is 0.636. The molecular weight excluding hydrogens is 354 g/mol. The van der Waals surface area contributed by atoms with Crippen molar-refractivity contribution in [2.45, 2.75) is 85.0 Å². The first-order valence-corrected chi connectivity index (χ1v) is 10.3. The minimum atomic E-state index is -0.552. The van der Waals surface area contributed by atoms with Crippen molar-refractivity contribution < 1.29 is 14.3 Å². The van der Waals surface area contributed by atoms with Crippen LogP contribution in [0, 0.1) is 6.92 Å². The van der Waals surface area contributed by atoms with E-state index in [0.717, 1.165) is 53.7 Å². The van der Waals surface area contributed by atoms with Gasteiger partial charge in [-0.2, -0.15) is 0 Å². The number of benzene rings is 1. The van der Waals surface area contributed by atoms with Gasteiger partial charge in [-0.3, -0.25) is 4.79 Å². The number of rotatable bonds is 4. The first kappa shape index (κ1) is 20.5. The lowest BCUT2D eigenvalue weighted by molar-refractivity contribution is 0.0501. The van der Waals surface area contributed by atoms with E-state index >= 15 is 0 Å². The highest BCUT2D eigenvalue weighted by Gasteiger charge is 2.32. The molecule has 1 fully saturated rings. The van der Waals surface area contributed by atoms with Gasteiger partial charge in [-0.25, -0.2) is 4.79 Å². The van der Waals surface area contributed by atoms with Gasteiger partial charge in [0.25, 0.3) is 5.91 Å². The van der Waals surface area contributed by atoms with Crippen LogP contribution in [0.25, 0.3) is 0 Å². The van der Waals surface area contributed by atoms with Crippen LogP contribution in [0.3, 0.4) is 0 Å². The van der Waals surface area contributed by atoms with Crippen molar-refractivity contribution in [3.05, 3.63) is 28.3 Å². The molecule has 0 spiro atoms. The topological polar surface area (TPSA) is 70.7 Å². The van der Waals surface area contributed by atoms with E-state index in [1.54, 1.807) is 0 Å². The zero-order valence-corrected chi connectivity index (χ0v) is 17.9. The Balaban J connectivity index is 2.03. The predicted molar refractivity (Wildman–Crippen MR) is 111 cm³/mol. The second kappa shape index (κ2) is 7.64. The van der Waals surface area contributed by atoms with Crippen LogP contribution < -0.4 is 15.5 Å². The molecule has 1 saturated heterocycles. The van der Waals surface area contributed by atoms with Crippen LogP contribution in [0.1, 0.15) is 87.0 Å². The number of amides is 2. The molecule has 6 heteroatoms. The predicted octanol–water partition coefficient (Wildman–Crippen LogP) is 4.20. The molecule has 2 aliphatic heterocycles. The summed E-state index contributed by atoms with van der Waals surface area (Å²) >= 11 is 0. The lowest BCUT2D eigenvalue weighted by Crippen LogP contribution is -2.36. The third-order valence-corrected chi connectivity index (χ3v) is 5.70. The quantitative estimate of drug-likeness (QED) is 0.812. The Morgan fingerprint density at radius 3 is 2.71 bits per heavy atom. The maximum Gasteiger partial charge on any atom is 0.408 e. The summed E-state index contributed by atoms with van der Waals surface area (Å²) in [5, 5.41) is 5.99. The second-order valence-electron chi connectivity index (χ2n) is 8.93. The summed E-state index contributed by atoms with van der Waals surface area (Å²) < 4.78 is 5.48. The Morgan fingerprint density at radius 2 is 2.14 bits per heavy atom. The molecule has 1 aromatic rings. The molecule has 0 aromatic heterocycles. The monoisotopic (exact) mass is 387 g/mol. The molecular formula is C22H33N3O3. The van der Waals surface area contributed by atoms with Crippen molar-refractivity contribution in [2.24, 2.45) is 0 Å². The second-order valence-corrected chi connectivity index (χ2v) is 8.93. The Bertz CT molecular complexity index is 782. The Labute approximate surface area is 168 Å². The normalized spacial score (nSPS) is 20.0. The summed E-state index contributed by atoms with van der Waals surface area (Å²) in [7, 11) is 0. The molecule has 1 aromatic carbocycles. The lowest BCUT2D eigenvalue weighted by Gasteiger charge is -2.30. The van der Waals surface area contributed by atoms with E-state index < -0.39 is 11.7 Å². The van der Waals surface area contributed by atoms with E-state index in [2.05, 4.69) is 29.4 Å². The van der Waals surface area contributed by atoms with Crippen molar-refractivity contribution in [3.63, 3.8) is 0 Å². The van der Waals surface area contributed by atoms with Crippen molar-refractivity contribution in [2.75, 3.05) is 11.4 Å². The fourth-order valence-corrected chi connectivity index (χ4v) is 4.39. The van der Waals surface area contributed by atoms with Crippen molar-refractivity contribution in [1.29, 1.82) is 0 Å². The largest absolute Gasteiger partial charge is 0.444 e. The number of alkyl carbamates (subject to hydrolysis) is 1. The minimum Gasteiger partial charge on any atom is -0.444 e. The number of carbonyl (C=O) groups excluding carboxylic acids is 2. The van der Waals surface area contributed by atoms with E-state index in [-0.39, 0.29) is 11.9 Å². The number of hydrogen-bond acceptors (Lipinski definition) is 4. The van der Waals surface area contributed by atoms with Gasteiger partial charge in [0.05, 0.1) is 6.04 Å². The van der Waals surface area contributed by atoms with Gasteiger partial charge in [0.1, 0.15) is 5.60 Å². The summed E-state index contributed by atoms with van der Waals surface area (Å²) in [5.74, 6) is -0.0310. The van der Waals surface area contributed by atoms with Gasteiger partial charge in [0.15, 0.2) is 0 Å². The molecule has 0 saturated carbocycles. The van der Waals surface area contributed by atoms with Crippen LogP contribution in [0.5, 0.6) is 0 Å². The highest BCUT2D eigenvalue weighted by Crippen LogP contribution is 2.38. The summed E-state index contributed by atoms with van der Waals surface area (Å²) in [6, 6.07) is 2.29. The van der Waals surface area contributed by atoms with Crippen molar-refractivity contribution >= 4 is 17.7 Å². The highest BCUT2D eigenvalue weighted by atomic mass is 16.6. The minimum absolute atomic E-state index is 0.0310. The summed E-state index contributed by atoms with van der Waals surface area (Å²) in [4.78, 5) is 27.3. The third-order valence-electron chi connectivity index (χ3n) is 5.70. The SMILES string of the molecule is CC[C@@H](NC(=O)OC(C)(C)C)c1c(C)c(N2CCC[C@H]2C)cc2c1CNC2=O. The van der Waals surface area contributed by atoms with Crippen LogP contribution in [-0.2, 0) is 11.3 Å². The highest BCUT2D eigenvalue weighted by molar-refractivity contribution is 6.00. The van der Waals surface area contributed by atoms with Gasteiger partial charge in [-0.1, -0.05) is 6.92 Å². The number of nitrogens with one attached hydrogen (secondary N) is 2. The molecule has 2 amide bonds. The van der Waals surface area contributed by atoms with Gasteiger partial charge < -0.3 is 20.3 Å². The van der Waals surface area contributed by atoms with Gasteiger partial charge in [-0.15, -0.1) is 0 Å². The molecule has 6 nitrogen and oxygen atoms in total. The zero-order valence-electron chi connectivity index (χ0n) is 17.9. The van der Waals surface area contributed by atoms with E-state index in [1.807, 2.05) is 33.8 Å². The molecule has 0 aliphatic carbocycles. The van der Waals surface area contributed by atoms with Gasteiger partial charge in [0.2, 0.25) is 0 Å². The molecule has 0 bridgehead atoms. The summed E-state index contributed by atoms with van der Waals surface area (Å²) in [5.41, 5.74) is 4.49. The van der Waals surface area contributed by atoms with E-state index in [9.17, 15) is 9.59 Å². The number of hydrogen-bond donors (Lipinski definition) is 2. The van der Waals surface area contributed by atoms with Gasteiger partial charge in [-0.05, 0) is 76.6 Å². The molecule has 154 valence electrons. The van der Waals surface area contributed by atoms with E-state index in [0.29, 0.717) is 12.6 Å². The van der Waals surface area contributed by atoms with Crippen LogP contribution in [-0.4, -0.2) is 30.2 Å². The smallest absolute Gasteiger partial charge is 0.408 e. The van der Waals surface area contributed by atoms with Gasteiger partial charge in [0, 0.05) is 30.4 Å². The number of nitrogens with zero attached hydrogens (tertiary/aromatic N) is 1. The molecule has 2 N–H and O–H groups in total. The van der Waals surface area contributed by atoms with Crippen LogP contribution in [0.2, 0.25) is 0 Å². The Hall–Kier alpha value is -2.24. The third kappa shape index (κ3) is 3.96. The van der Waals surface area contributed by atoms with Crippen molar-refractivity contribution in [3.8, 4) is 0 Å². The molecule has 0 radical (unpaired) electrons. The Kier molecular flexibility index (Phi) is 5.60. The molecule has 0 unspecified atom stereocenters. The van der Waals surface area contributed by atoms with Crippen LogP contribution >= 0.6 is 0 Å². The Morgan fingerprint density at radius 1 is 1.43 bits per heavy atom. The summed E-state index contributed by atoms with van der Waals surface area (Å²) in [6.45, 7) is 13.5. The molecule has 2 heterocycles. The lowest BCUT2D eigenvalue weighted by atomic mass is 9.89. The zero-order chi connectivity index (χ0) is 20.6. The van der Waals surface area contributed by atoms with E-state index in [4.69, 9.17) is 4.74 Å². The summed E-state index contributed by atoms with van der Waals surface area (Å²) in [6.07, 6.45) is 2.61. The number of fused-ring (bicyclic) bond motifs is 1. The first-order valence-electron chi connectivity index (χ1n) is 10.3. The first-order chi connectivity index (χ1) is 13.1. The average Bonchev–Trinajstić information content (AvgIpc) is 3.17. The van der Waals surface area contributed by atoms with Crippen molar-refractivity contribution in [1.82, 2.24) is 10.6 Å². The van der Waals surface area contributed by atoms with Crippen LogP contribution in [0.4, 0.5) is 10.5 Å². The molecule has 2 aliphatic rings. The number of anilines is 1. The number of ether oxygens (including phenoxy) is 1. The maximum absolute atomic E-state index is 12.5. The molecule has 3 rings (SSSR count). The fourth-order valence-electron chi connectivity index (χ4n) is 4.39. The average molecular weight is 388 g/mol. The van der Waals surface area contributed by atoms with Gasteiger partial charge >= 0.3 is 6.09 Å². The number of carbonyl (C=O) groups is 2. The van der Waals surface area contributed by atoms with E-state index in [1.165, 1.54) is 0 Å².